The van der Waals surface area contributed by atoms with Gasteiger partial charge in [-0.25, -0.2) is 4.39 Å². The normalized spacial score (nSPS) is 17.3. The van der Waals surface area contributed by atoms with E-state index in [0.29, 0.717) is 23.6 Å². The fraction of sp³-hybridized carbons (Fsp3) is 0.222. The zero-order valence-electron chi connectivity index (χ0n) is 19.9. The van der Waals surface area contributed by atoms with Crippen molar-refractivity contribution in [3.05, 3.63) is 89.7 Å². The lowest BCUT2D eigenvalue weighted by atomic mass is 9.83. The number of ether oxygens (including phenoxy) is 2. The molecule has 3 aromatic rings. The van der Waals surface area contributed by atoms with Gasteiger partial charge >= 0.3 is 0 Å². The highest BCUT2D eigenvalue weighted by molar-refractivity contribution is 5.98. The predicted molar refractivity (Wildman–Crippen MR) is 131 cm³/mol. The van der Waals surface area contributed by atoms with E-state index in [4.69, 9.17) is 9.47 Å². The minimum atomic E-state index is -0.660. The number of carbonyl (C=O) groups excluding carboxylic acids is 3. The van der Waals surface area contributed by atoms with Crippen LogP contribution in [0.5, 0.6) is 11.5 Å². The van der Waals surface area contributed by atoms with Crippen LogP contribution in [0.1, 0.15) is 34.8 Å². The van der Waals surface area contributed by atoms with E-state index in [1.54, 1.807) is 55.5 Å². The molecule has 1 saturated heterocycles. The molecule has 36 heavy (non-hydrogen) atoms. The Hall–Kier alpha value is -4.40. The van der Waals surface area contributed by atoms with Crippen LogP contribution in [0.15, 0.2) is 72.8 Å². The summed E-state index contributed by atoms with van der Waals surface area (Å²) < 4.78 is 23.7. The smallest absolute Gasteiger partial charge is 0.269 e. The van der Waals surface area contributed by atoms with Gasteiger partial charge in [-0.15, -0.1) is 0 Å². The summed E-state index contributed by atoms with van der Waals surface area (Å²) in [5, 5.41) is 0. The van der Waals surface area contributed by atoms with Crippen LogP contribution in [-0.2, 0) is 9.59 Å². The summed E-state index contributed by atoms with van der Waals surface area (Å²) in [5.74, 6) is -0.998. The molecule has 2 unspecified atom stereocenters. The van der Waals surface area contributed by atoms with Gasteiger partial charge in [-0.2, -0.15) is 0 Å². The van der Waals surface area contributed by atoms with Crippen LogP contribution in [0.2, 0.25) is 0 Å². The number of benzene rings is 3. The molecule has 1 fully saturated rings. The highest BCUT2D eigenvalue weighted by Crippen LogP contribution is 2.40. The second-order valence-corrected chi connectivity index (χ2v) is 8.28. The number of nitrogens with zero attached hydrogens (tertiary/aromatic N) is 1. The molecule has 0 aliphatic carbocycles. The maximum atomic E-state index is 13.3. The lowest BCUT2D eigenvalue weighted by Gasteiger charge is -2.40. The van der Waals surface area contributed by atoms with Gasteiger partial charge in [-0.3, -0.25) is 25.2 Å². The van der Waals surface area contributed by atoms with Crippen molar-refractivity contribution in [1.29, 1.82) is 0 Å². The first-order valence-electron chi connectivity index (χ1n) is 11.4. The van der Waals surface area contributed by atoms with E-state index >= 15 is 0 Å². The molecule has 8 nitrogen and oxygen atoms in total. The molecule has 0 saturated carbocycles. The quantitative estimate of drug-likeness (QED) is 0.512. The predicted octanol–water partition coefficient (Wildman–Crippen LogP) is 3.79. The molecule has 0 aromatic heterocycles. The molecule has 1 aliphatic heterocycles. The van der Waals surface area contributed by atoms with Crippen molar-refractivity contribution in [2.75, 3.05) is 19.1 Å². The van der Waals surface area contributed by atoms with Crippen LogP contribution in [0.25, 0.3) is 0 Å². The van der Waals surface area contributed by atoms with Gasteiger partial charge < -0.3 is 14.4 Å². The number of anilines is 1. The first-order chi connectivity index (χ1) is 17.4. The van der Waals surface area contributed by atoms with Gasteiger partial charge in [-0.1, -0.05) is 12.1 Å². The Bertz CT molecular complexity index is 1230. The van der Waals surface area contributed by atoms with Gasteiger partial charge in [-0.05, 0) is 72.6 Å². The number of hydrogen-bond donors (Lipinski definition) is 2. The molecule has 4 rings (SSSR count). The number of carbonyl (C=O) groups is 3. The third-order valence-corrected chi connectivity index (χ3v) is 6.15. The van der Waals surface area contributed by atoms with Crippen LogP contribution in [0, 0.1) is 11.7 Å². The molecular formula is C27H26FN3O5. The summed E-state index contributed by atoms with van der Waals surface area (Å²) in [5.41, 5.74) is 6.42. The molecule has 0 radical (unpaired) electrons. The van der Waals surface area contributed by atoms with E-state index in [1.165, 1.54) is 12.1 Å². The maximum Gasteiger partial charge on any atom is 0.269 e. The third-order valence-electron chi connectivity index (χ3n) is 6.15. The average Bonchev–Trinajstić information content (AvgIpc) is 2.92. The second-order valence-electron chi connectivity index (χ2n) is 8.28. The van der Waals surface area contributed by atoms with Crippen molar-refractivity contribution in [1.82, 2.24) is 10.9 Å². The molecule has 1 heterocycles. The Morgan fingerprint density at radius 2 is 1.44 bits per heavy atom. The van der Waals surface area contributed by atoms with Gasteiger partial charge in [0, 0.05) is 17.7 Å². The van der Waals surface area contributed by atoms with E-state index in [-0.39, 0.29) is 17.9 Å². The largest absolute Gasteiger partial charge is 0.497 e. The van der Waals surface area contributed by atoms with E-state index in [1.807, 2.05) is 12.1 Å². The van der Waals surface area contributed by atoms with Crippen LogP contribution in [0.4, 0.5) is 10.1 Å². The van der Waals surface area contributed by atoms with Crippen molar-refractivity contribution in [2.45, 2.75) is 18.9 Å². The van der Waals surface area contributed by atoms with Gasteiger partial charge in [0.2, 0.25) is 11.8 Å². The van der Waals surface area contributed by atoms with Crippen molar-refractivity contribution in [3.63, 3.8) is 0 Å². The van der Waals surface area contributed by atoms with E-state index in [2.05, 4.69) is 10.9 Å². The number of piperidine rings is 1. The van der Waals surface area contributed by atoms with E-state index < -0.39 is 29.6 Å². The molecule has 186 valence electrons. The Morgan fingerprint density at radius 3 is 2.03 bits per heavy atom. The molecule has 9 heteroatoms. The van der Waals surface area contributed by atoms with E-state index in [9.17, 15) is 18.8 Å². The molecular weight excluding hydrogens is 465 g/mol. The monoisotopic (exact) mass is 491 g/mol. The summed E-state index contributed by atoms with van der Waals surface area (Å²) in [4.78, 5) is 40.5. The second kappa shape index (κ2) is 10.9. The zero-order valence-corrected chi connectivity index (χ0v) is 19.9. The Balaban J connectivity index is 1.62. The summed E-state index contributed by atoms with van der Waals surface area (Å²) in [6.45, 7) is 0. The first-order valence-corrected chi connectivity index (χ1v) is 11.4. The summed E-state index contributed by atoms with van der Waals surface area (Å²) in [7, 11) is 3.12. The summed E-state index contributed by atoms with van der Waals surface area (Å²) >= 11 is 0. The molecule has 3 amide bonds. The number of hydrogen-bond acceptors (Lipinski definition) is 5. The molecule has 0 bridgehead atoms. The lowest BCUT2D eigenvalue weighted by Crippen LogP contribution is -2.51. The van der Waals surface area contributed by atoms with Gasteiger partial charge in [0.1, 0.15) is 17.3 Å². The number of halogens is 1. The molecule has 2 N–H and O–H groups in total. The highest BCUT2D eigenvalue weighted by atomic mass is 19.1. The Morgan fingerprint density at radius 1 is 0.861 bits per heavy atom. The first kappa shape index (κ1) is 24.7. The Labute approximate surface area is 208 Å². The topological polar surface area (TPSA) is 97.0 Å². The highest BCUT2D eigenvalue weighted by Gasteiger charge is 2.41. The third kappa shape index (κ3) is 5.30. The standard InChI is InChI=1S/C27H26FN3O5/c1-35-21-11-5-17(6-12-21)25-23(27(34)30-29-26(33)18-3-7-19(28)8-4-18)15-16-24(32)31(25)20-9-13-22(36-2)14-10-20/h3-14,23,25H,15-16H2,1-2H3,(H,29,33)(H,30,34). The fourth-order valence-corrected chi connectivity index (χ4v) is 4.28. The SMILES string of the molecule is COc1ccc(C2C(C(=O)NNC(=O)c3ccc(F)cc3)CCC(=O)N2c2ccc(OC)cc2)cc1. The minimum Gasteiger partial charge on any atom is -0.497 e. The fourth-order valence-electron chi connectivity index (χ4n) is 4.28. The van der Waals surface area contributed by atoms with Gasteiger partial charge in [0.15, 0.2) is 0 Å². The number of methoxy groups -OCH3 is 2. The number of rotatable bonds is 6. The molecule has 3 aromatic carbocycles. The number of hydrazine groups is 1. The van der Waals surface area contributed by atoms with Gasteiger partial charge in [0.25, 0.3) is 5.91 Å². The van der Waals surface area contributed by atoms with Crippen LogP contribution >= 0.6 is 0 Å². The van der Waals surface area contributed by atoms with E-state index in [0.717, 1.165) is 17.7 Å². The molecule has 0 spiro atoms. The van der Waals surface area contributed by atoms with Crippen molar-refractivity contribution in [3.8, 4) is 11.5 Å². The molecule has 2 atom stereocenters. The maximum absolute atomic E-state index is 13.3. The van der Waals surface area contributed by atoms with Crippen molar-refractivity contribution >= 4 is 23.4 Å². The zero-order chi connectivity index (χ0) is 25.7. The van der Waals surface area contributed by atoms with Crippen molar-refractivity contribution < 1.29 is 28.2 Å². The van der Waals surface area contributed by atoms with Crippen LogP contribution in [0.3, 0.4) is 0 Å². The van der Waals surface area contributed by atoms with Crippen LogP contribution < -0.4 is 25.2 Å². The summed E-state index contributed by atoms with van der Waals surface area (Å²) in [6, 6.07) is 18.5. The summed E-state index contributed by atoms with van der Waals surface area (Å²) in [6.07, 6.45) is 0.448. The lowest BCUT2D eigenvalue weighted by molar-refractivity contribution is -0.130. The number of amides is 3. The molecule has 1 aliphatic rings. The number of nitrogens with one attached hydrogen (secondary N) is 2. The van der Waals surface area contributed by atoms with Gasteiger partial charge in [0.05, 0.1) is 26.2 Å². The van der Waals surface area contributed by atoms with Crippen LogP contribution in [-0.4, -0.2) is 31.9 Å². The Kier molecular flexibility index (Phi) is 7.48. The minimum absolute atomic E-state index is 0.125. The average molecular weight is 492 g/mol. The van der Waals surface area contributed by atoms with Crippen molar-refractivity contribution in [2.24, 2.45) is 5.92 Å².